The maximum absolute atomic E-state index is 11.4. The Morgan fingerprint density at radius 2 is 2.23 bits per heavy atom. The van der Waals surface area contributed by atoms with Crippen LogP contribution in [0, 0.1) is 6.92 Å². The lowest BCUT2D eigenvalue weighted by Crippen LogP contribution is -2.25. The monoisotopic (exact) mass is 176 g/mol. The van der Waals surface area contributed by atoms with Crippen LogP contribution < -0.4 is 0 Å². The summed E-state index contributed by atoms with van der Waals surface area (Å²) in [7, 11) is 0. The number of fused-ring (bicyclic) bond motifs is 1. The Morgan fingerprint density at radius 3 is 3.00 bits per heavy atom. The third kappa shape index (κ3) is 1.44. The van der Waals surface area contributed by atoms with E-state index in [1.54, 1.807) is 0 Å². The van der Waals surface area contributed by atoms with Crippen LogP contribution in [0.2, 0.25) is 0 Å². The molecule has 2 heteroatoms. The van der Waals surface area contributed by atoms with E-state index in [-0.39, 0.29) is 12.1 Å². The molecule has 68 valence electrons. The number of hydrogen-bond acceptors (Lipinski definition) is 2. The fraction of sp³-hybridized carbons (Fsp3) is 0.364. The highest BCUT2D eigenvalue weighted by atomic mass is 16.5. The lowest BCUT2D eigenvalue weighted by Gasteiger charge is -2.21. The van der Waals surface area contributed by atoms with Crippen molar-refractivity contribution in [2.75, 3.05) is 0 Å². The van der Waals surface area contributed by atoms with E-state index in [0.29, 0.717) is 0 Å². The van der Waals surface area contributed by atoms with E-state index in [4.69, 9.17) is 4.74 Å². The molecule has 0 radical (unpaired) electrons. The lowest BCUT2D eigenvalue weighted by molar-refractivity contribution is 0.0301. The summed E-state index contributed by atoms with van der Waals surface area (Å²) in [6.45, 7) is 3.95. The van der Waals surface area contributed by atoms with Crippen molar-refractivity contribution >= 4 is 5.97 Å². The summed E-state index contributed by atoms with van der Waals surface area (Å²) in [5.74, 6) is -0.186. The van der Waals surface area contributed by atoms with Gasteiger partial charge in [0.1, 0.15) is 6.10 Å². The van der Waals surface area contributed by atoms with Crippen molar-refractivity contribution in [1.29, 1.82) is 0 Å². The molecule has 2 rings (SSSR count). The maximum Gasteiger partial charge on any atom is 0.338 e. The van der Waals surface area contributed by atoms with Gasteiger partial charge in [0.05, 0.1) is 5.56 Å². The number of benzene rings is 1. The highest BCUT2D eigenvalue weighted by Crippen LogP contribution is 2.21. The van der Waals surface area contributed by atoms with E-state index in [1.165, 1.54) is 5.56 Å². The molecule has 0 aromatic heterocycles. The fourth-order valence-electron chi connectivity index (χ4n) is 1.69. The molecule has 13 heavy (non-hydrogen) atoms. The van der Waals surface area contributed by atoms with E-state index in [9.17, 15) is 4.79 Å². The van der Waals surface area contributed by atoms with Crippen LogP contribution in [0.25, 0.3) is 0 Å². The zero-order valence-corrected chi connectivity index (χ0v) is 7.83. The van der Waals surface area contributed by atoms with Gasteiger partial charge in [-0.2, -0.15) is 0 Å². The second-order valence-electron chi connectivity index (χ2n) is 3.58. The molecule has 1 aromatic carbocycles. The Morgan fingerprint density at radius 1 is 1.46 bits per heavy atom. The summed E-state index contributed by atoms with van der Waals surface area (Å²) in [5, 5.41) is 0. The number of carbonyl (C=O) groups is 1. The first-order valence-corrected chi connectivity index (χ1v) is 4.47. The van der Waals surface area contributed by atoms with Gasteiger partial charge in [-0.1, -0.05) is 17.7 Å². The minimum Gasteiger partial charge on any atom is -0.459 e. The van der Waals surface area contributed by atoms with Gasteiger partial charge in [0.25, 0.3) is 0 Å². The average Bonchev–Trinajstić information content (AvgIpc) is 2.02. The van der Waals surface area contributed by atoms with Crippen LogP contribution in [0.5, 0.6) is 0 Å². The first-order chi connectivity index (χ1) is 6.16. The zero-order chi connectivity index (χ0) is 9.42. The van der Waals surface area contributed by atoms with Crippen LogP contribution in [0.15, 0.2) is 18.2 Å². The van der Waals surface area contributed by atoms with Crippen molar-refractivity contribution in [3.8, 4) is 0 Å². The van der Waals surface area contributed by atoms with Crippen LogP contribution in [0.4, 0.5) is 0 Å². The SMILES string of the molecule is Cc1ccc2c(c1)C[C@H](C)OC2=O. The molecule has 1 atom stereocenters. The standard InChI is InChI=1S/C11H12O2/c1-7-3-4-10-9(5-7)6-8(2)13-11(10)12/h3-5,8H,6H2,1-2H3/t8-/m0/s1. The second-order valence-corrected chi connectivity index (χ2v) is 3.58. The van der Waals surface area contributed by atoms with Gasteiger partial charge < -0.3 is 4.74 Å². The summed E-state index contributed by atoms with van der Waals surface area (Å²) in [4.78, 5) is 11.4. The van der Waals surface area contributed by atoms with Gasteiger partial charge in [0.15, 0.2) is 0 Å². The molecule has 0 saturated heterocycles. The van der Waals surface area contributed by atoms with Crippen molar-refractivity contribution in [3.63, 3.8) is 0 Å². The van der Waals surface area contributed by atoms with E-state index in [2.05, 4.69) is 6.07 Å². The quantitative estimate of drug-likeness (QED) is 0.566. The van der Waals surface area contributed by atoms with Crippen molar-refractivity contribution in [3.05, 3.63) is 34.9 Å². The molecule has 0 aliphatic carbocycles. The Kier molecular flexibility index (Phi) is 1.83. The number of cyclic esters (lactones) is 1. The molecule has 1 aliphatic heterocycles. The number of carbonyl (C=O) groups excluding carboxylic acids is 1. The lowest BCUT2D eigenvalue weighted by atomic mass is 9.97. The minimum atomic E-state index is -0.186. The van der Waals surface area contributed by atoms with E-state index < -0.39 is 0 Å². The van der Waals surface area contributed by atoms with Gasteiger partial charge in [0.2, 0.25) is 0 Å². The molecule has 0 amide bonds. The van der Waals surface area contributed by atoms with Crippen molar-refractivity contribution in [1.82, 2.24) is 0 Å². The third-order valence-electron chi connectivity index (χ3n) is 2.30. The summed E-state index contributed by atoms with van der Waals surface area (Å²) in [5.41, 5.74) is 3.04. The zero-order valence-electron chi connectivity index (χ0n) is 7.83. The Balaban J connectivity index is 2.49. The van der Waals surface area contributed by atoms with Crippen LogP contribution in [0.1, 0.15) is 28.4 Å². The fourth-order valence-corrected chi connectivity index (χ4v) is 1.69. The number of esters is 1. The van der Waals surface area contributed by atoms with Gasteiger partial charge in [-0.05, 0) is 25.5 Å². The largest absolute Gasteiger partial charge is 0.459 e. The molecule has 0 unspecified atom stereocenters. The highest BCUT2D eigenvalue weighted by Gasteiger charge is 2.22. The molecule has 0 fully saturated rings. The Labute approximate surface area is 77.5 Å². The van der Waals surface area contributed by atoms with Gasteiger partial charge in [0, 0.05) is 6.42 Å². The van der Waals surface area contributed by atoms with Crippen molar-refractivity contribution < 1.29 is 9.53 Å². The van der Waals surface area contributed by atoms with E-state index in [1.807, 2.05) is 26.0 Å². The van der Waals surface area contributed by atoms with E-state index in [0.717, 1.165) is 17.5 Å². The summed E-state index contributed by atoms with van der Waals surface area (Å²) in [6.07, 6.45) is 0.852. The molecule has 0 saturated carbocycles. The summed E-state index contributed by atoms with van der Waals surface area (Å²) in [6, 6.07) is 5.85. The van der Waals surface area contributed by atoms with Crippen molar-refractivity contribution in [2.45, 2.75) is 26.4 Å². The molecule has 1 heterocycles. The molecule has 0 spiro atoms. The van der Waals surface area contributed by atoms with Gasteiger partial charge in [-0.3, -0.25) is 0 Å². The van der Waals surface area contributed by atoms with Gasteiger partial charge >= 0.3 is 5.97 Å². The van der Waals surface area contributed by atoms with Crippen LogP contribution >= 0.6 is 0 Å². The van der Waals surface area contributed by atoms with Crippen LogP contribution in [-0.4, -0.2) is 12.1 Å². The molecule has 1 aliphatic rings. The Hall–Kier alpha value is -1.31. The van der Waals surface area contributed by atoms with Gasteiger partial charge in [-0.15, -0.1) is 0 Å². The van der Waals surface area contributed by atoms with Crippen molar-refractivity contribution in [2.24, 2.45) is 0 Å². The third-order valence-corrected chi connectivity index (χ3v) is 2.30. The normalized spacial score (nSPS) is 20.8. The molecule has 0 N–H and O–H groups in total. The Bertz CT molecular complexity index is 355. The summed E-state index contributed by atoms with van der Waals surface area (Å²) < 4.78 is 5.11. The van der Waals surface area contributed by atoms with E-state index >= 15 is 0 Å². The predicted octanol–water partition coefficient (Wildman–Crippen LogP) is 2.10. The number of aryl methyl sites for hydroxylation is 1. The molecule has 1 aromatic rings. The predicted molar refractivity (Wildman–Crippen MR) is 49.8 cm³/mol. The smallest absolute Gasteiger partial charge is 0.338 e. The first kappa shape index (κ1) is 8.30. The minimum absolute atomic E-state index is 0.0156. The van der Waals surface area contributed by atoms with Gasteiger partial charge in [-0.25, -0.2) is 4.79 Å². The summed E-state index contributed by atoms with van der Waals surface area (Å²) >= 11 is 0. The topological polar surface area (TPSA) is 26.3 Å². The number of rotatable bonds is 0. The van der Waals surface area contributed by atoms with Crippen LogP contribution in [-0.2, 0) is 11.2 Å². The molecule has 0 bridgehead atoms. The van der Waals surface area contributed by atoms with Crippen LogP contribution in [0.3, 0.4) is 0 Å². The maximum atomic E-state index is 11.4. The average molecular weight is 176 g/mol. The molecular weight excluding hydrogens is 164 g/mol. The molecular formula is C11H12O2. The first-order valence-electron chi connectivity index (χ1n) is 4.47. The number of hydrogen-bond donors (Lipinski definition) is 0. The highest BCUT2D eigenvalue weighted by molar-refractivity contribution is 5.92. The molecule has 2 nitrogen and oxygen atoms in total. The number of ether oxygens (including phenoxy) is 1. The second kappa shape index (κ2) is 2.87.